The second kappa shape index (κ2) is 38.8. The van der Waals surface area contributed by atoms with Crippen LogP contribution in [0.25, 0.3) is 0 Å². The zero-order valence-corrected chi connectivity index (χ0v) is 87.1. The lowest BCUT2D eigenvalue weighted by Gasteiger charge is -2.58. The molecule has 17 aliphatic rings. The first-order valence-corrected chi connectivity index (χ1v) is 53.6. The van der Waals surface area contributed by atoms with Gasteiger partial charge in [-0.15, -0.1) is 0 Å². The van der Waals surface area contributed by atoms with E-state index in [1.165, 1.54) is 122 Å². The quantitative estimate of drug-likeness (QED) is 0.114. The molecular weight excluding hydrogens is 1630 g/mol. The van der Waals surface area contributed by atoms with Gasteiger partial charge in [0.05, 0.1) is 32.5 Å². The van der Waals surface area contributed by atoms with Gasteiger partial charge in [-0.3, -0.25) is 28.8 Å². The van der Waals surface area contributed by atoms with Crippen LogP contribution in [0, 0.1) is 142 Å². The predicted molar refractivity (Wildman–Crippen MR) is 537 cm³/mol. The van der Waals surface area contributed by atoms with Gasteiger partial charge in [0, 0.05) is 0 Å². The Morgan fingerprint density at radius 1 is 0.348 bits per heavy atom. The van der Waals surface area contributed by atoms with Crippen LogP contribution in [0.1, 0.15) is 433 Å². The lowest BCUT2D eigenvalue weighted by molar-refractivity contribution is -0.164. The number of aryl methyl sites for hydroxylation is 1. The number of hydrogen-bond acceptors (Lipinski definition) is 6. The van der Waals surface area contributed by atoms with Crippen LogP contribution >= 0.6 is 0 Å². The highest BCUT2D eigenvalue weighted by Crippen LogP contribution is 2.70. The highest BCUT2D eigenvalue weighted by Gasteiger charge is 2.64. The van der Waals surface area contributed by atoms with Crippen LogP contribution in [-0.2, 0) is 40.6 Å². The third-order valence-corrected chi connectivity index (χ3v) is 42.2. The standard InChI is InChI=1S/C20H32O2.4C20H30O2.C20H28O2/c6*1-13(2)14-6-8-16-15(12-14)7-9-17-19(16,3)10-5-11-20(17,4)18(21)22/h13-14,17H,5-12H2,1-4H3,(H,21,22);12,16-17H,5-11H2,1-4H3,(H,21,22);12-13,17H,5-11H2,1-4H3,(H,21,22);7,12-13,16-17H,5-6,8-11H2,1-4H3,(H,21,22);6,12-13,16-17H,5,7-11H2,1-4H3,(H,21,22);6,8,12-13,17H,5,7,9-11H2,1-4H3,(H,21,22)/t14?,17?,19-,20-;16?,17?,19-,20-;17?,19-,20-;2*16?,17?,19-,20-;17?,19-,20-/m111111/s1. The van der Waals surface area contributed by atoms with Crippen molar-refractivity contribution in [2.75, 3.05) is 0 Å². The van der Waals surface area contributed by atoms with Crippen molar-refractivity contribution in [3.8, 4) is 0 Å². The van der Waals surface area contributed by atoms with E-state index in [2.05, 4.69) is 179 Å². The largest absolute Gasteiger partial charge is 0.481 e. The lowest BCUT2D eigenvalue weighted by atomic mass is 9.46. The Labute approximate surface area is 798 Å². The topological polar surface area (TPSA) is 224 Å². The molecule has 18 rings (SSSR count). The second-order valence-electron chi connectivity index (χ2n) is 51.1. The maximum Gasteiger partial charge on any atom is 0.309 e. The predicted octanol–water partition coefficient (Wildman–Crippen LogP) is 31.4. The van der Waals surface area contributed by atoms with Gasteiger partial charge in [-0.1, -0.05) is 249 Å². The van der Waals surface area contributed by atoms with Crippen LogP contribution in [0.2, 0.25) is 0 Å². The van der Waals surface area contributed by atoms with Crippen molar-refractivity contribution in [1.29, 1.82) is 0 Å². The summed E-state index contributed by atoms with van der Waals surface area (Å²) in [6, 6.07) is 6.92. The normalized spacial score (nSPS) is 39.8. The maximum atomic E-state index is 12.0. The van der Waals surface area contributed by atoms with E-state index in [0.29, 0.717) is 65.1 Å². The fourth-order valence-corrected chi connectivity index (χ4v) is 33.8. The van der Waals surface area contributed by atoms with Crippen LogP contribution < -0.4 is 0 Å². The van der Waals surface area contributed by atoms with E-state index in [1.807, 2.05) is 41.5 Å². The number of rotatable bonds is 11. The molecule has 0 bridgehead atoms. The van der Waals surface area contributed by atoms with E-state index in [-0.39, 0.29) is 44.3 Å². The van der Waals surface area contributed by atoms with E-state index < -0.39 is 68.3 Å². The van der Waals surface area contributed by atoms with Gasteiger partial charge in [0.25, 0.3) is 0 Å². The SMILES string of the molecule is CC(C)=C1C=C2CCC3[C@](C)(CCC[C@@]3(C)C(=O)O)C2CC1.CC(C)C1=CC2=C(CC1)[C@@]1(C)CCC[C@@](C)(C(=O)O)C1CC2.CC(C)C1=CC2=CCC3[C@](C)(CCC[C@@]3(C)C(=O)O)C2CC1.CC(C)C1=CCC2C(=C1)CCC1[C@]2(C)CCC[C@@]1(C)C(=O)O.CC(C)C1CCC2=C(CCC3[C@](C)(C(=O)O)CCC[C@]23C)C1.CC(C)c1ccc2c(c1)CCC1[C@](C)(C(=O)O)CCC[C@]21C. The molecule has 8 fully saturated rings. The molecule has 17 aliphatic carbocycles. The Balaban J connectivity index is 0.000000135. The Kier molecular flexibility index (Phi) is 30.3. The molecule has 0 spiro atoms. The Morgan fingerprint density at radius 2 is 0.780 bits per heavy atom. The van der Waals surface area contributed by atoms with Gasteiger partial charge in [0.2, 0.25) is 0 Å². The number of aliphatic carboxylic acids is 6. The van der Waals surface area contributed by atoms with Gasteiger partial charge in [-0.2, -0.15) is 0 Å². The van der Waals surface area contributed by atoms with E-state index in [9.17, 15) is 59.4 Å². The molecule has 0 heterocycles. The number of allylic oxidation sites excluding steroid dienone is 18. The molecule has 0 aromatic heterocycles. The summed E-state index contributed by atoms with van der Waals surface area (Å²) in [5.41, 5.74) is 20.7. The average Bonchev–Trinajstić information content (AvgIpc) is 0.750. The monoisotopic (exact) mass is 1810 g/mol. The van der Waals surface area contributed by atoms with Crippen molar-refractivity contribution < 1.29 is 59.4 Å². The van der Waals surface area contributed by atoms with E-state index >= 15 is 0 Å². The smallest absolute Gasteiger partial charge is 0.309 e. The minimum atomic E-state index is -0.606. The molecular formula is C120H180O12. The van der Waals surface area contributed by atoms with Gasteiger partial charge in [-0.05, 0) is 428 Å². The Morgan fingerprint density at radius 3 is 1.27 bits per heavy atom. The number of carboxylic acid groups (broad SMARTS) is 6. The summed E-state index contributed by atoms with van der Waals surface area (Å²) in [7, 11) is 0. The first-order chi connectivity index (χ1) is 61.7. The highest BCUT2D eigenvalue weighted by molar-refractivity contribution is 5.78. The van der Waals surface area contributed by atoms with Crippen molar-refractivity contribution >= 4 is 35.8 Å². The van der Waals surface area contributed by atoms with Crippen molar-refractivity contribution in [3.63, 3.8) is 0 Å². The summed E-state index contributed by atoms with van der Waals surface area (Å²) in [5, 5.41) is 59.0. The summed E-state index contributed by atoms with van der Waals surface area (Å²) in [6.07, 6.45) is 56.7. The van der Waals surface area contributed by atoms with Gasteiger partial charge < -0.3 is 30.6 Å². The second-order valence-corrected chi connectivity index (χ2v) is 51.1. The average molecular weight is 1810 g/mol. The van der Waals surface area contributed by atoms with Gasteiger partial charge in [0.15, 0.2) is 0 Å². The minimum Gasteiger partial charge on any atom is -0.481 e. The molecule has 1 aromatic rings. The molecule has 732 valence electrons. The molecule has 1 aromatic carbocycles. The van der Waals surface area contributed by atoms with Crippen molar-refractivity contribution in [2.24, 2.45) is 142 Å². The third kappa shape index (κ3) is 18.5. The maximum absolute atomic E-state index is 12.0. The van der Waals surface area contributed by atoms with Crippen LogP contribution in [0.15, 0.2) is 122 Å². The van der Waals surface area contributed by atoms with Gasteiger partial charge in [-0.25, -0.2) is 0 Å². The molecule has 8 saturated carbocycles. The first kappa shape index (κ1) is 103. The molecule has 132 heavy (non-hydrogen) atoms. The molecule has 12 heteroatoms. The first-order valence-electron chi connectivity index (χ1n) is 53.6. The van der Waals surface area contributed by atoms with Crippen molar-refractivity contribution in [3.05, 3.63) is 138 Å². The highest BCUT2D eigenvalue weighted by atomic mass is 16.4. The lowest BCUT2D eigenvalue weighted by Crippen LogP contribution is -2.53. The van der Waals surface area contributed by atoms with Crippen LogP contribution in [0.5, 0.6) is 0 Å². The number of hydrogen-bond donors (Lipinski definition) is 6. The summed E-state index contributed by atoms with van der Waals surface area (Å²) < 4.78 is 0. The molecule has 0 saturated heterocycles. The van der Waals surface area contributed by atoms with Crippen molar-refractivity contribution in [2.45, 2.75) is 428 Å². The third-order valence-electron chi connectivity index (χ3n) is 42.2. The molecule has 0 amide bonds. The number of carbonyl (C=O) groups is 6. The van der Waals surface area contributed by atoms with Crippen LogP contribution in [0.3, 0.4) is 0 Å². The van der Waals surface area contributed by atoms with Crippen molar-refractivity contribution in [1.82, 2.24) is 0 Å². The zero-order chi connectivity index (χ0) is 96.7. The van der Waals surface area contributed by atoms with E-state index in [1.54, 1.807) is 44.6 Å². The summed E-state index contributed by atoms with van der Waals surface area (Å²) in [6.45, 7) is 53.5. The Hall–Kier alpha value is -6.30. The fourth-order valence-electron chi connectivity index (χ4n) is 33.8. The van der Waals surface area contributed by atoms with Crippen LogP contribution in [0.4, 0.5) is 0 Å². The number of fused-ring (bicyclic) bond motifs is 16. The van der Waals surface area contributed by atoms with Crippen LogP contribution in [-0.4, -0.2) is 66.5 Å². The summed E-state index contributed by atoms with van der Waals surface area (Å²) >= 11 is 0. The number of carboxylic acids is 6. The van der Waals surface area contributed by atoms with Gasteiger partial charge >= 0.3 is 35.8 Å². The minimum absolute atomic E-state index is 0.0223. The fraction of sp³-hybridized carbons (Fsp3) is 0.750. The van der Waals surface area contributed by atoms with Gasteiger partial charge in [0.1, 0.15) is 0 Å². The Bertz CT molecular complexity index is 4810. The van der Waals surface area contributed by atoms with E-state index in [4.69, 9.17) is 0 Å². The summed E-state index contributed by atoms with van der Waals surface area (Å²) in [4.78, 5) is 71.7. The zero-order valence-electron chi connectivity index (χ0n) is 87.1. The molecule has 0 radical (unpaired) electrons. The van der Waals surface area contributed by atoms with E-state index in [0.717, 1.165) is 179 Å². The molecule has 0 aliphatic heterocycles. The molecule has 12 nitrogen and oxygen atoms in total. The molecule has 22 atom stereocenters. The molecule has 6 N–H and O–H groups in total. The number of benzene rings is 1. The summed E-state index contributed by atoms with van der Waals surface area (Å²) in [5.74, 6) is 4.09. The molecule has 10 unspecified atom stereocenters.